The number of aromatic nitrogens is 1. The SMILES string of the molecule is N#CC1CC(F)(F)CN1C(=O)CN1CC[C@H](Nc2cnc3ccccc3c2)C1. The van der Waals surface area contributed by atoms with Gasteiger partial charge in [0, 0.05) is 30.9 Å². The van der Waals surface area contributed by atoms with E-state index in [0.717, 1.165) is 27.9 Å². The first kappa shape index (κ1) is 18.6. The number of carbonyl (C=O) groups is 1. The highest BCUT2D eigenvalue weighted by molar-refractivity contribution is 5.81. The lowest BCUT2D eigenvalue weighted by Crippen LogP contribution is -2.43. The molecule has 2 saturated heterocycles. The molecular formula is C20H21F2N5O. The molecule has 1 unspecified atom stereocenters. The Morgan fingerprint density at radius 3 is 3.04 bits per heavy atom. The fourth-order valence-electron chi connectivity index (χ4n) is 3.96. The number of pyridine rings is 1. The summed E-state index contributed by atoms with van der Waals surface area (Å²) >= 11 is 0. The van der Waals surface area contributed by atoms with Gasteiger partial charge in [-0.1, -0.05) is 18.2 Å². The van der Waals surface area contributed by atoms with Gasteiger partial charge in [0.25, 0.3) is 5.92 Å². The van der Waals surface area contributed by atoms with Crippen molar-refractivity contribution in [3.8, 4) is 6.07 Å². The maximum absolute atomic E-state index is 13.5. The van der Waals surface area contributed by atoms with Gasteiger partial charge in [-0.15, -0.1) is 0 Å². The van der Waals surface area contributed by atoms with Crippen molar-refractivity contribution in [3.05, 3.63) is 36.5 Å². The Bertz CT molecular complexity index is 928. The zero-order valence-electron chi connectivity index (χ0n) is 15.3. The normalized spacial score (nSPS) is 24.4. The zero-order valence-corrected chi connectivity index (χ0v) is 15.3. The molecule has 0 bridgehead atoms. The van der Waals surface area contributed by atoms with Gasteiger partial charge >= 0.3 is 0 Å². The second-order valence-corrected chi connectivity index (χ2v) is 7.51. The van der Waals surface area contributed by atoms with Gasteiger partial charge in [0.05, 0.1) is 36.6 Å². The number of fused-ring (bicyclic) bond motifs is 1. The van der Waals surface area contributed by atoms with Crippen molar-refractivity contribution in [2.24, 2.45) is 0 Å². The molecule has 2 aliphatic heterocycles. The number of para-hydroxylation sites is 1. The Morgan fingerprint density at radius 1 is 1.39 bits per heavy atom. The van der Waals surface area contributed by atoms with Crippen LogP contribution in [0.1, 0.15) is 12.8 Å². The zero-order chi connectivity index (χ0) is 19.7. The summed E-state index contributed by atoms with van der Waals surface area (Å²) in [5.41, 5.74) is 1.85. The van der Waals surface area contributed by atoms with Gasteiger partial charge in [-0.25, -0.2) is 8.78 Å². The third kappa shape index (κ3) is 3.90. The summed E-state index contributed by atoms with van der Waals surface area (Å²) in [5.74, 6) is -3.38. The number of likely N-dealkylation sites (tertiary alicyclic amines) is 2. The third-order valence-electron chi connectivity index (χ3n) is 5.33. The van der Waals surface area contributed by atoms with Crippen LogP contribution in [0.4, 0.5) is 14.5 Å². The van der Waals surface area contributed by atoms with E-state index >= 15 is 0 Å². The number of carbonyl (C=O) groups excluding carboxylic acids is 1. The van der Waals surface area contributed by atoms with Gasteiger partial charge in [-0.05, 0) is 18.6 Å². The Morgan fingerprint density at radius 2 is 2.21 bits per heavy atom. The lowest BCUT2D eigenvalue weighted by molar-refractivity contribution is -0.133. The minimum atomic E-state index is -2.98. The first-order valence-electron chi connectivity index (χ1n) is 9.34. The molecule has 1 N–H and O–H groups in total. The summed E-state index contributed by atoms with van der Waals surface area (Å²) in [4.78, 5) is 19.8. The second kappa shape index (κ2) is 7.32. The quantitative estimate of drug-likeness (QED) is 0.876. The number of halogens is 2. The average Bonchev–Trinajstić information content (AvgIpc) is 3.24. The lowest BCUT2D eigenvalue weighted by Gasteiger charge is -2.23. The van der Waals surface area contributed by atoms with E-state index in [2.05, 4.69) is 10.3 Å². The molecule has 2 fully saturated rings. The van der Waals surface area contributed by atoms with Crippen LogP contribution in [0.25, 0.3) is 10.9 Å². The second-order valence-electron chi connectivity index (χ2n) is 7.51. The van der Waals surface area contributed by atoms with Crippen molar-refractivity contribution >= 4 is 22.5 Å². The number of nitrogens with one attached hydrogen (secondary N) is 1. The van der Waals surface area contributed by atoms with Crippen LogP contribution in [0, 0.1) is 11.3 Å². The molecule has 1 aromatic heterocycles. The van der Waals surface area contributed by atoms with Crippen molar-refractivity contribution in [2.45, 2.75) is 30.8 Å². The van der Waals surface area contributed by atoms with Crippen LogP contribution in [0.5, 0.6) is 0 Å². The number of nitriles is 1. The summed E-state index contributed by atoms with van der Waals surface area (Å²) in [6.45, 7) is 0.733. The van der Waals surface area contributed by atoms with Crippen LogP contribution < -0.4 is 5.32 Å². The molecule has 2 aromatic rings. The van der Waals surface area contributed by atoms with Gasteiger partial charge < -0.3 is 10.2 Å². The van der Waals surface area contributed by atoms with Crippen LogP contribution in [0.15, 0.2) is 36.5 Å². The van der Waals surface area contributed by atoms with E-state index in [1.165, 1.54) is 0 Å². The van der Waals surface area contributed by atoms with Gasteiger partial charge in [0.15, 0.2) is 0 Å². The van der Waals surface area contributed by atoms with E-state index in [-0.39, 0.29) is 12.6 Å². The summed E-state index contributed by atoms with van der Waals surface area (Å²) in [6.07, 6.45) is 2.06. The molecule has 2 aliphatic rings. The number of nitrogens with zero attached hydrogens (tertiary/aromatic N) is 4. The average molecular weight is 385 g/mol. The molecular weight excluding hydrogens is 364 g/mol. The molecule has 1 aromatic carbocycles. The number of alkyl halides is 2. The molecule has 0 saturated carbocycles. The molecule has 1 amide bonds. The minimum absolute atomic E-state index is 0.0579. The number of hydrogen-bond donors (Lipinski definition) is 1. The first-order chi connectivity index (χ1) is 13.4. The van der Waals surface area contributed by atoms with Gasteiger partial charge in [-0.3, -0.25) is 14.7 Å². The summed E-state index contributed by atoms with van der Waals surface area (Å²) < 4.78 is 27.1. The van der Waals surface area contributed by atoms with Crippen molar-refractivity contribution in [1.82, 2.24) is 14.8 Å². The standard InChI is InChI=1S/C20H21F2N5O/c21-20(22)8-17(9-23)27(13-20)19(28)12-26-6-5-15(11-26)25-16-7-14-3-1-2-4-18(14)24-10-16/h1-4,7,10,15,17,25H,5-6,8,11-13H2/t15-,17?/m0/s1. The van der Waals surface area contributed by atoms with Crippen LogP contribution >= 0.6 is 0 Å². The Kier molecular flexibility index (Phi) is 4.85. The minimum Gasteiger partial charge on any atom is -0.380 e. The van der Waals surface area contributed by atoms with E-state index in [0.29, 0.717) is 13.1 Å². The van der Waals surface area contributed by atoms with E-state index in [4.69, 9.17) is 5.26 Å². The largest absolute Gasteiger partial charge is 0.380 e. The van der Waals surface area contributed by atoms with Crippen molar-refractivity contribution in [1.29, 1.82) is 5.26 Å². The summed E-state index contributed by atoms with van der Waals surface area (Å²) in [6, 6.07) is 10.8. The van der Waals surface area contributed by atoms with Crippen molar-refractivity contribution in [2.75, 3.05) is 31.5 Å². The third-order valence-corrected chi connectivity index (χ3v) is 5.33. The molecule has 0 radical (unpaired) electrons. The Labute approximate surface area is 161 Å². The summed E-state index contributed by atoms with van der Waals surface area (Å²) in [5, 5.41) is 13.5. The molecule has 3 heterocycles. The lowest BCUT2D eigenvalue weighted by atomic mass is 10.2. The van der Waals surface area contributed by atoms with E-state index in [9.17, 15) is 13.6 Å². The highest BCUT2D eigenvalue weighted by Gasteiger charge is 2.47. The molecule has 146 valence electrons. The maximum Gasteiger partial charge on any atom is 0.268 e. The first-order valence-corrected chi connectivity index (χ1v) is 9.34. The molecule has 0 aliphatic carbocycles. The molecule has 0 spiro atoms. The number of amides is 1. The fraction of sp³-hybridized carbons (Fsp3) is 0.450. The van der Waals surface area contributed by atoms with Crippen LogP contribution in [0.2, 0.25) is 0 Å². The Balaban J connectivity index is 1.34. The highest BCUT2D eigenvalue weighted by atomic mass is 19.3. The van der Waals surface area contributed by atoms with E-state index in [1.54, 1.807) is 6.20 Å². The number of anilines is 1. The topological polar surface area (TPSA) is 72.3 Å². The summed E-state index contributed by atoms with van der Waals surface area (Å²) in [7, 11) is 0. The predicted molar refractivity (Wildman–Crippen MR) is 101 cm³/mol. The molecule has 28 heavy (non-hydrogen) atoms. The molecule has 6 nitrogen and oxygen atoms in total. The number of benzene rings is 1. The predicted octanol–water partition coefficient (Wildman–Crippen LogP) is 2.48. The number of rotatable bonds is 4. The smallest absolute Gasteiger partial charge is 0.268 e. The van der Waals surface area contributed by atoms with Crippen molar-refractivity contribution < 1.29 is 13.6 Å². The molecule has 8 heteroatoms. The fourth-order valence-corrected chi connectivity index (χ4v) is 3.96. The molecule has 2 atom stereocenters. The van der Waals surface area contributed by atoms with E-state index in [1.807, 2.05) is 41.3 Å². The monoisotopic (exact) mass is 385 g/mol. The Hall–Kier alpha value is -2.79. The molecule has 4 rings (SSSR count). The highest BCUT2D eigenvalue weighted by Crippen LogP contribution is 2.32. The van der Waals surface area contributed by atoms with E-state index < -0.39 is 30.8 Å². The number of hydrogen-bond acceptors (Lipinski definition) is 5. The van der Waals surface area contributed by atoms with Crippen LogP contribution in [-0.2, 0) is 4.79 Å². The maximum atomic E-state index is 13.5. The van der Waals surface area contributed by atoms with Gasteiger partial charge in [0.2, 0.25) is 5.91 Å². The van der Waals surface area contributed by atoms with Gasteiger partial charge in [-0.2, -0.15) is 5.26 Å². The van der Waals surface area contributed by atoms with Crippen molar-refractivity contribution in [3.63, 3.8) is 0 Å². The van der Waals surface area contributed by atoms with Crippen LogP contribution in [-0.4, -0.2) is 64.9 Å². The van der Waals surface area contributed by atoms with Crippen LogP contribution in [0.3, 0.4) is 0 Å². The van der Waals surface area contributed by atoms with Gasteiger partial charge in [0.1, 0.15) is 6.04 Å².